The highest BCUT2D eigenvalue weighted by Gasteiger charge is 2.29. The van der Waals surface area contributed by atoms with Crippen LogP contribution in [0.15, 0.2) is 36.4 Å². The fraction of sp³-hybridized carbons (Fsp3) is 0.435. The van der Waals surface area contributed by atoms with E-state index >= 15 is 0 Å². The second kappa shape index (κ2) is 11.0. The zero-order valence-corrected chi connectivity index (χ0v) is 18.5. The van der Waals surface area contributed by atoms with E-state index in [9.17, 15) is 31.1 Å². The fourth-order valence-electron chi connectivity index (χ4n) is 3.78. The number of amides is 2. The fourth-order valence-corrected chi connectivity index (χ4v) is 3.78. The lowest BCUT2D eigenvalue weighted by Crippen LogP contribution is -2.42. The third kappa shape index (κ3) is 7.54. The predicted molar refractivity (Wildman–Crippen MR) is 113 cm³/mol. The van der Waals surface area contributed by atoms with E-state index in [1.165, 1.54) is 17.0 Å². The molecule has 1 fully saturated rings. The van der Waals surface area contributed by atoms with Crippen LogP contribution in [-0.2, 0) is 13.1 Å². The SMILES string of the molecule is CN1CCC(CN(Cc2ccc(F)cc2F)C(=O)NCc2ccc(OCC(F)(F)F)c(F)c2)C1. The van der Waals surface area contributed by atoms with Crippen molar-refractivity contribution in [2.24, 2.45) is 5.92 Å². The van der Waals surface area contributed by atoms with Gasteiger partial charge in [0.1, 0.15) is 11.6 Å². The quantitative estimate of drug-likeness (QED) is 0.547. The number of carbonyl (C=O) groups is 1. The maximum absolute atomic E-state index is 14.2. The van der Waals surface area contributed by atoms with E-state index in [0.29, 0.717) is 12.1 Å². The van der Waals surface area contributed by atoms with Gasteiger partial charge < -0.3 is 19.9 Å². The maximum Gasteiger partial charge on any atom is 0.422 e. The monoisotopic (exact) mass is 489 g/mol. The first-order valence-electron chi connectivity index (χ1n) is 10.6. The summed E-state index contributed by atoms with van der Waals surface area (Å²) in [4.78, 5) is 16.4. The van der Waals surface area contributed by atoms with E-state index < -0.39 is 42.0 Å². The van der Waals surface area contributed by atoms with Crippen LogP contribution in [0.3, 0.4) is 0 Å². The lowest BCUT2D eigenvalue weighted by molar-refractivity contribution is -0.153. The smallest absolute Gasteiger partial charge is 0.422 e. The molecule has 1 N–H and O–H groups in total. The molecule has 5 nitrogen and oxygen atoms in total. The van der Waals surface area contributed by atoms with E-state index in [4.69, 9.17) is 0 Å². The van der Waals surface area contributed by atoms with Crippen LogP contribution in [0.25, 0.3) is 0 Å². The number of likely N-dealkylation sites (tertiary alicyclic amines) is 1. The summed E-state index contributed by atoms with van der Waals surface area (Å²) in [6, 6.07) is 5.98. The van der Waals surface area contributed by atoms with E-state index in [2.05, 4.69) is 15.0 Å². The molecule has 1 aliphatic heterocycles. The van der Waals surface area contributed by atoms with E-state index in [1.807, 2.05) is 7.05 Å². The average molecular weight is 489 g/mol. The lowest BCUT2D eigenvalue weighted by Gasteiger charge is -2.26. The van der Waals surface area contributed by atoms with Crippen molar-refractivity contribution in [1.29, 1.82) is 0 Å². The summed E-state index contributed by atoms with van der Waals surface area (Å²) in [7, 11) is 1.96. The minimum atomic E-state index is -4.60. The molecule has 3 rings (SSSR count). The highest BCUT2D eigenvalue weighted by Crippen LogP contribution is 2.23. The molecule has 0 aromatic heterocycles. The normalized spacial score (nSPS) is 16.5. The summed E-state index contributed by atoms with van der Waals surface area (Å²) in [5.74, 6) is -2.86. The zero-order chi connectivity index (χ0) is 24.9. The number of nitrogens with zero attached hydrogens (tertiary/aromatic N) is 2. The molecule has 0 spiro atoms. The minimum Gasteiger partial charge on any atom is -0.481 e. The topological polar surface area (TPSA) is 44.8 Å². The second-order valence-corrected chi connectivity index (χ2v) is 8.36. The molecule has 2 amide bonds. The van der Waals surface area contributed by atoms with E-state index in [0.717, 1.165) is 43.8 Å². The first-order chi connectivity index (χ1) is 16.0. The summed E-state index contributed by atoms with van der Waals surface area (Å²) in [6.45, 7) is 0.156. The number of hydrogen-bond acceptors (Lipinski definition) is 3. The van der Waals surface area contributed by atoms with Crippen LogP contribution in [-0.4, -0.2) is 55.3 Å². The van der Waals surface area contributed by atoms with Crippen molar-refractivity contribution in [2.45, 2.75) is 25.7 Å². The van der Waals surface area contributed by atoms with Crippen molar-refractivity contribution in [2.75, 3.05) is 33.3 Å². The van der Waals surface area contributed by atoms with Gasteiger partial charge in [-0.2, -0.15) is 13.2 Å². The molecule has 1 aliphatic rings. The minimum absolute atomic E-state index is 0.0866. The van der Waals surface area contributed by atoms with Gasteiger partial charge in [-0.25, -0.2) is 18.0 Å². The highest BCUT2D eigenvalue weighted by atomic mass is 19.4. The second-order valence-electron chi connectivity index (χ2n) is 8.36. The Labute approximate surface area is 193 Å². The molecule has 1 heterocycles. The van der Waals surface area contributed by atoms with Gasteiger partial charge in [-0.1, -0.05) is 12.1 Å². The summed E-state index contributed by atoms with van der Waals surface area (Å²) in [5.41, 5.74) is 0.457. The third-order valence-corrected chi connectivity index (χ3v) is 5.46. The molecule has 0 aliphatic carbocycles. The number of hydrogen-bond donors (Lipinski definition) is 1. The Morgan fingerprint density at radius 3 is 2.53 bits per heavy atom. The van der Waals surface area contributed by atoms with E-state index in [-0.39, 0.29) is 24.6 Å². The first-order valence-corrected chi connectivity index (χ1v) is 10.6. The summed E-state index contributed by atoms with van der Waals surface area (Å²) < 4.78 is 82.7. The van der Waals surface area contributed by atoms with Crippen LogP contribution in [0.1, 0.15) is 17.5 Å². The number of ether oxygens (including phenoxy) is 1. The molecule has 11 heteroatoms. The van der Waals surface area contributed by atoms with Crippen LogP contribution < -0.4 is 10.1 Å². The molecule has 2 aromatic carbocycles. The Balaban J connectivity index is 1.65. The first kappa shape index (κ1) is 25.7. The molecule has 0 radical (unpaired) electrons. The van der Waals surface area contributed by atoms with Gasteiger partial charge in [-0.3, -0.25) is 0 Å². The number of rotatable bonds is 8. The Morgan fingerprint density at radius 1 is 1.15 bits per heavy atom. The Hall–Kier alpha value is -2.95. The number of halogens is 6. The number of alkyl halides is 3. The molecule has 186 valence electrons. The molecular weight excluding hydrogens is 464 g/mol. The molecule has 34 heavy (non-hydrogen) atoms. The molecule has 1 unspecified atom stereocenters. The van der Waals surface area contributed by atoms with Gasteiger partial charge in [0.25, 0.3) is 0 Å². The van der Waals surface area contributed by atoms with Crippen molar-refractivity contribution < 1.29 is 35.9 Å². The molecule has 1 atom stereocenters. The number of urea groups is 1. The van der Waals surface area contributed by atoms with Crippen molar-refractivity contribution in [1.82, 2.24) is 15.1 Å². The van der Waals surface area contributed by atoms with E-state index in [1.54, 1.807) is 0 Å². The molecular formula is C23H25F6N3O2. The van der Waals surface area contributed by atoms with Crippen LogP contribution in [0.4, 0.5) is 31.1 Å². The van der Waals surface area contributed by atoms with Gasteiger partial charge in [0.2, 0.25) is 0 Å². The molecule has 1 saturated heterocycles. The standard InChI is InChI=1S/C23H25F6N3O2/c1-31-7-6-16(11-31)12-32(13-17-3-4-18(24)9-19(17)25)22(33)30-10-15-2-5-21(20(26)8-15)34-14-23(27,28)29/h2-5,8-9,16H,6-7,10-14H2,1H3,(H,30,33). The number of carbonyl (C=O) groups excluding carboxylic acids is 1. The van der Waals surface area contributed by atoms with Gasteiger partial charge in [-0.05, 0) is 49.7 Å². The van der Waals surface area contributed by atoms with Gasteiger partial charge in [-0.15, -0.1) is 0 Å². The van der Waals surface area contributed by atoms with Crippen LogP contribution in [0, 0.1) is 23.4 Å². The molecule has 2 aromatic rings. The Kier molecular flexibility index (Phi) is 8.29. The van der Waals surface area contributed by atoms with Crippen molar-refractivity contribution >= 4 is 6.03 Å². The summed E-state index contributed by atoms with van der Waals surface area (Å²) >= 11 is 0. The third-order valence-electron chi connectivity index (χ3n) is 5.46. The van der Waals surface area contributed by atoms with Crippen LogP contribution >= 0.6 is 0 Å². The average Bonchev–Trinajstić information content (AvgIpc) is 3.16. The maximum atomic E-state index is 14.2. The largest absolute Gasteiger partial charge is 0.481 e. The molecule has 0 bridgehead atoms. The Morgan fingerprint density at radius 2 is 1.91 bits per heavy atom. The zero-order valence-electron chi connectivity index (χ0n) is 18.5. The number of nitrogens with one attached hydrogen (secondary N) is 1. The number of benzene rings is 2. The van der Waals surface area contributed by atoms with Crippen LogP contribution in [0.5, 0.6) is 5.75 Å². The Bertz CT molecular complexity index is 1000. The van der Waals surface area contributed by atoms with Crippen molar-refractivity contribution in [3.63, 3.8) is 0 Å². The van der Waals surface area contributed by atoms with Crippen molar-refractivity contribution in [3.8, 4) is 5.75 Å². The predicted octanol–water partition coefficient (Wildman–Crippen LogP) is 4.71. The van der Waals surface area contributed by atoms with Crippen molar-refractivity contribution in [3.05, 3.63) is 65.0 Å². The summed E-state index contributed by atoms with van der Waals surface area (Å²) in [6.07, 6.45) is -3.74. The van der Waals surface area contributed by atoms with Gasteiger partial charge in [0.05, 0.1) is 6.54 Å². The highest BCUT2D eigenvalue weighted by molar-refractivity contribution is 5.74. The molecule has 0 saturated carbocycles. The summed E-state index contributed by atoms with van der Waals surface area (Å²) in [5, 5.41) is 2.63. The van der Waals surface area contributed by atoms with Gasteiger partial charge in [0.15, 0.2) is 18.2 Å². The lowest BCUT2D eigenvalue weighted by atomic mass is 10.1. The van der Waals surface area contributed by atoms with Gasteiger partial charge in [0, 0.05) is 31.3 Å². The van der Waals surface area contributed by atoms with Crippen LogP contribution in [0.2, 0.25) is 0 Å². The van der Waals surface area contributed by atoms with Gasteiger partial charge >= 0.3 is 12.2 Å².